The molecule has 9 nitrogen and oxygen atoms in total. The van der Waals surface area contributed by atoms with Gasteiger partial charge in [-0.25, -0.2) is 0 Å². The molecule has 2 aromatic carbocycles. The highest BCUT2D eigenvalue weighted by Crippen LogP contribution is 2.15. The second-order valence-corrected chi connectivity index (χ2v) is 9.29. The van der Waals surface area contributed by atoms with Crippen LogP contribution in [0, 0.1) is 5.92 Å². The van der Waals surface area contributed by atoms with Crippen molar-refractivity contribution in [1.82, 2.24) is 15.5 Å². The first-order valence-corrected chi connectivity index (χ1v) is 12.7. The number of thiocarbonyl (C=S) groups is 1. The molecule has 198 valence electrons. The lowest BCUT2D eigenvalue weighted by atomic mass is 10.1. The summed E-state index contributed by atoms with van der Waals surface area (Å²) in [7, 11) is 0. The van der Waals surface area contributed by atoms with Gasteiger partial charge in [-0.15, -0.1) is 0 Å². The molecule has 0 spiro atoms. The van der Waals surface area contributed by atoms with Gasteiger partial charge in [0.15, 0.2) is 5.11 Å². The van der Waals surface area contributed by atoms with Gasteiger partial charge in [0.1, 0.15) is 30.8 Å². The third kappa shape index (κ3) is 9.05. The van der Waals surface area contributed by atoms with Gasteiger partial charge in [0.25, 0.3) is 5.91 Å². The van der Waals surface area contributed by atoms with E-state index >= 15 is 0 Å². The van der Waals surface area contributed by atoms with Gasteiger partial charge in [0.2, 0.25) is 5.91 Å². The highest BCUT2D eigenvalue weighted by Gasteiger charge is 2.34. The minimum atomic E-state index is -0.888. The Morgan fingerprint density at radius 3 is 2.41 bits per heavy atom. The number of amides is 2. The van der Waals surface area contributed by atoms with Crippen LogP contribution in [0.1, 0.15) is 37.0 Å². The van der Waals surface area contributed by atoms with Crippen molar-refractivity contribution in [3.8, 4) is 11.5 Å². The molecule has 37 heavy (non-hydrogen) atoms. The van der Waals surface area contributed by atoms with Crippen LogP contribution in [-0.4, -0.2) is 66.7 Å². The molecule has 0 bridgehead atoms. The van der Waals surface area contributed by atoms with E-state index in [4.69, 9.17) is 26.4 Å². The molecule has 0 aliphatic carbocycles. The maximum atomic E-state index is 12.7. The molecule has 10 heteroatoms. The van der Waals surface area contributed by atoms with Crippen LogP contribution in [0.3, 0.4) is 0 Å². The first-order chi connectivity index (χ1) is 17.8. The lowest BCUT2D eigenvalue weighted by molar-refractivity contribution is -0.148. The van der Waals surface area contributed by atoms with Crippen molar-refractivity contribution in [2.45, 2.75) is 32.7 Å². The highest BCUT2D eigenvalue weighted by atomic mass is 32.1. The van der Waals surface area contributed by atoms with Crippen LogP contribution in [-0.2, 0) is 14.3 Å². The van der Waals surface area contributed by atoms with Crippen LogP contribution in [0.15, 0.2) is 54.6 Å². The predicted octanol–water partition coefficient (Wildman–Crippen LogP) is 2.94. The molecule has 2 aromatic rings. The lowest BCUT2D eigenvalue weighted by Gasteiger charge is -2.36. The van der Waals surface area contributed by atoms with Gasteiger partial charge in [-0.3, -0.25) is 19.7 Å². The number of nitrogens with zero attached hydrogens (tertiary/aromatic N) is 1. The van der Waals surface area contributed by atoms with Gasteiger partial charge in [0.05, 0.1) is 13.0 Å². The maximum absolute atomic E-state index is 12.7. The second-order valence-electron chi connectivity index (χ2n) is 8.90. The number of nitrogens with one attached hydrogen (secondary N) is 2. The Hall–Kier alpha value is -3.66. The monoisotopic (exact) mass is 527 g/mol. The van der Waals surface area contributed by atoms with Crippen molar-refractivity contribution < 1.29 is 28.6 Å². The van der Waals surface area contributed by atoms with E-state index in [2.05, 4.69) is 24.5 Å². The number of hydrogen-bond donors (Lipinski definition) is 2. The Bertz CT molecular complexity index is 1060. The largest absolute Gasteiger partial charge is 0.494 e. The van der Waals surface area contributed by atoms with E-state index in [1.54, 1.807) is 36.4 Å². The molecule has 2 amide bonds. The summed E-state index contributed by atoms with van der Waals surface area (Å²) in [4.78, 5) is 39.2. The number of esters is 1. The molecule has 1 fully saturated rings. The number of hydrogen-bond acceptors (Lipinski definition) is 7. The minimum Gasteiger partial charge on any atom is -0.494 e. The Balaban J connectivity index is 1.49. The van der Waals surface area contributed by atoms with Gasteiger partial charge in [-0.05, 0) is 61.0 Å². The summed E-state index contributed by atoms with van der Waals surface area (Å²) in [6.07, 6.45) is 0.728. The molecule has 1 atom stereocenters. The predicted molar refractivity (Wildman–Crippen MR) is 142 cm³/mol. The van der Waals surface area contributed by atoms with Crippen LogP contribution in [0.4, 0.5) is 0 Å². The standard InChI is InChI=1S/C27H33N3O6S/c1-19(2)12-15-34-22-10-8-20(9-11-22)25(32)29-27(37)30-14-13-28-26(33)23(30)18-24(31)36-17-16-35-21-6-4-3-5-7-21/h3-11,19,23H,12-18H2,1-2H3,(H,28,33)(H,29,32,37). The fraction of sp³-hybridized carbons (Fsp3) is 0.407. The zero-order valence-electron chi connectivity index (χ0n) is 21.1. The number of ether oxygens (including phenoxy) is 3. The van der Waals surface area contributed by atoms with Crippen molar-refractivity contribution >= 4 is 35.1 Å². The van der Waals surface area contributed by atoms with Crippen LogP contribution >= 0.6 is 12.2 Å². The smallest absolute Gasteiger partial charge is 0.308 e. The summed E-state index contributed by atoms with van der Waals surface area (Å²) < 4.78 is 16.4. The van der Waals surface area contributed by atoms with E-state index in [-0.39, 0.29) is 30.7 Å². The summed E-state index contributed by atoms with van der Waals surface area (Å²) in [5.74, 6) is 0.562. The molecule has 1 heterocycles. The van der Waals surface area contributed by atoms with Crippen LogP contribution in [0.25, 0.3) is 0 Å². The summed E-state index contributed by atoms with van der Waals surface area (Å²) in [5, 5.41) is 5.46. The number of carbonyl (C=O) groups is 3. The normalized spacial score (nSPS) is 15.1. The molecule has 0 radical (unpaired) electrons. The molecule has 0 aromatic heterocycles. The molecule has 3 rings (SSSR count). The van der Waals surface area contributed by atoms with Crippen LogP contribution in [0.5, 0.6) is 11.5 Å². The molecular formula is C27H33N3O6S. The second kappa shape index (κ2) is 14.2. The van der Waals surface area contributed by atoms with Crippen LogP contribution < -0.4 is 20.1 Å². The lowest BCUT2D eigenvalue weighted by Crippen LogP contribution is -2.60. The maximum Gasteiger partial charge on any atom is 0.308 e. The quantitative estimate of drug-likeness (QED) is 0.261. The number of benzene rings is 2. The van der Waals surface area contributed by atoms with Crippen molar-refractivity contribution in [3.05, 3.63) is 60.2 Å². The van der Waals surface area contributed by atoms with Gasteiger partial charge in [-0.1, -0.05) is 32.0 Å². The van der Waals surface area contributed by atoms with Gasteiger partial charge in [-0.2, -0.15) is 0 Å². The van der Waals surface area contributed by atoms with E-state index < -0.39 is 17.9 Å². The topological polar surface area (TPSA) is 106 Å². The first kappa shape index (κ1) is 27.9. The van der Waals surface area contributed by atoms with E-state index in [1.165, 1.54) is 4.90 Å². The van der Waals surface area contributed by atoms with Gasteiger partial charge in [0, 0.05) is 18.7 Å². The average molecular weight is 528 g/mol. The van der Waals surface area contributed by atoms with Gasteiger partial charge >= 0.3 is 5.97 Å². The van der Waals surface area contributed by atoms with Gasteiger partial charge < -0.3 is 24.4 Å². The third-order valence-corrected chi connectivity index (χ3v) is 5.95. The summed E-state index contributed by atoms with van der Waals surface area (Å²) in [6, 6.07) is 15.0. The molecule has 1 aliphatic rings. The van der Waals surface area contributed by atoms with Crippen molar-refractivity contribution in [2.24, 2.45) is 5.92 Å². The Morgan fingerprint density at radius 1 is 1.03 bits per heavy atom. The molecule has 1 aliphatic heterocycles. The van der Waals surface area contributed by atoms with E-state index in [0.29, 0.717) is 42.7 Å². The van der Waals surface area contributed by atoms with E-state index in [9.17, 15) is 14.4 Å². The molecule has 2 N–H and O–H groups in total. The Kier molecular flexibility index (Phi) is 10.7. The fourth-order valence-electron chi connectivity index (χ4n) is 3.57. The van der Waals surface area contributed by atoms with E-state index in [1.807, 2.05) is 18.2 Å². The number of piperazine rings is 1. The zero-order chi connectivity index (χ0) is 26.6. The van der Waals surface area contributed by atoms with E-state index in [0.717, 1.165) is 6.42 Å². The van der Waals surface area contributed by atoms with Crippen LogP contribution in [0.2, 0.25) is 0 Å². The molecule has 1 saturated heterocycles. The average Bonchev–Trinajstić information content (AvgIpc) is 2.88. The summed E-state index contributed by atoms with van der Waals surface area (Å²) >= 11 is 5.42. The van der Waals surface area contributed by atoms with Crippen molar-refractivity contribution in [1.29, 1.82) is 0 Å². The highest BCUT2D eigenvalue weighted by molar-refractivity contribution is 7.80. The number of carbonyl (C=O) groups excluding carboxylic acids is 3. The Labute approximate surface area is 222 Å². The van der Waals surface area contributed by atoms with Crippen molar-refractivity contribution in [2.75, 3.05) is 32.9 Å². The summed E-state index contributed by atoms with van der Waals surface area (Å²) in [5.41, 5.74) is 0.398. The number of para-hydroxylation sites is 1. The fourth-order valence-corrected chi connectivity index (χ4v) is 3.88. The molecular weight excluding hydrogens is 494 g/mol. The van der Waals surface area contributed by atoms with Crippen molar-refractivity contribution in [3.63, 3.8) is 0 Å². The number of rotatable bonds is 11. The Morgan fingerprint density at radius 2 is 1.70 bits per heavy atom. The SMILES string of the molecule is CC(C)CCOc1ccc(C(=O)NC(=S)N2CCNC(=O)C2CC(=O)OCCOc2ccccc2)cc1. The molecule has 1 unspecified atom stereocenters. The summed E-state index contributed by atoms with van der Waals surface area (Å²) in [6.45, 7) is 5.78. The minimum absolute atomic E-state index is 0.0421. The third-order valence-electron chi connectivity index (χ3n) is 5.61. The zero-order valence-corrected chi connectivity index (χ0v) is 21.9. The molecule has 0 saturated carbocycles. The first-order valence-electron chi connectivity index (χ1n) is 12.3.